The van der Waals surface area contributed by atoms with Gasteiger partial charge in [0.05, 0.1) is 13.2 Å². The van der Waals surface area contributed by atoms with Crippen LogP contribution in [-0.2, 0) is 14.5 Å². The number of rotatable bonds is 22. The van der Waals surface area contributed by atoms with E-state index in [1.165, 1.54) is 83.5 Å². The molecule has 0 unspecified atom stereocenters. The van der Waals surface area contributed by atoms with Crippen LogP contribution < -0.4 is 0 Å². The fourth-order valence-electron chi connectivity index (χ4n) is 9.25. The summed E-state index contributed by atoms with van der Waals surface area (Å²) >= 11 is 0. The van der Waals surface area contributed by atoms with E-state index in [1.807, 2.05) is 0 Å². The van der Waals surface area contributed by atoms with Crippen LogP contribution >= 0.6 is 0 Å². The Balaban J connectivity index is 1.97. The number of carbonyl (C=O) groups excluding carboxylic acids is 1. The van der Waals surface area contributed by atoms with Crippen molar-refractivity contribution in [3.8, 4) is 0 Å². The quantitative estimate of drug-likeness (QED) is 0.109. The molecule has 0 aromatic heterocycles. The minimum atomic E-state index is -0.160. The lowest BCUT2D eigenvalue weighted by atomic mass is 9.74. The van der Waals surface area contributed by atoms with Crippen molar-refractivity contribution in [3.63, 3.8) is 0 Å². The highest BCUT2D eigenvalue weighted by Crippen LogP contribution is 2.45. The lowest BCUT2D eigenvalue weighted by Gasteiger charge is -2.59. The van der Waals surface area contributed by atoms with E-state index < -0.39 is 0 Å². The van der Waals surface area contributed by atoms with Crippen LogP contribution in [0.15, 0.2) is 0 Å². The third-order valence-corrected chi connectivity index (χ3v) is 10.7. The van der Waals surface area contributed by atoms with Gasteiger partial charge in [-0.1, -0.05) is 96.8 Å². The van der Waals surface area contributed by atoms with Gasteiger partial charge in [0.1, 0.15) is 0 Å². The zero-order valence-corrected chi connectivity index (χ0v) is 32.8. The summed E-state index contributed by atoms with van der Waals surface area (Å²) in [6.07, 6.45) is 24.5. The first-order valence-corrected chi connectivity index (χ1v) is 19.8. The van der Waals surface area contributed by atoms with Crippen LogP contribution in [0.5, 0.6) is 0 Å². The van der Waals surface area contributed by atoms with Gasteiger partial charge >= 0.3 is 0 Å². The summed E-state index contributed by atoms with van der Waals surface area (Å²) in [5, 5.41) is 4.44. The summed E-state index contributed by atoms with van der Waals surface area (Å²) in [5.41, 5.74) is -0.640. The second kappa shape index (κ2) is 19.5. The molecule has 2 saturated heterocycles. The Morgan fingerprint density at radius 2 is 0.804 bits per heavy atom. The van der Waals surface area contributed by atoms with Gasteiger partial charge in [-0.15, -0.1) is 0 Å². The van der Waals surface area contributed by atoms with Gasteiger partial charge in [-0.2, -0.15) is 10.1 Å². The molecule has 1 amide bonds. The lowest BCUT2D eigenvalue weighted by Crippen LogP contribution is -2.69. The number of amides is 1. The fourth-order valence-corrected chi connectivity index (χ4v) is 9.25. The lowest BCUT2D eigenvalue weighted by molar-refractivity contribution is -0.295. The minimum Gasteiger partial charge on any atom is -0.336 e. The SMILES string of the molecule is CCCCCCCCCCCCCCCCCC(=O)N(C1CC(C)(C)N(OCC)C(C)(C)C1)C1CC(C)(C)N(OCC)C(C)(C)C1. The van der Waals surface area contributed by atoms with Crippen molar-refractivity contribution in [3.05, 3.63) is 0 Å². The number of piperidine rings is 2. The van der Waals surface area contributed by atoms with Crippen molar-refractivity contribution in [2.24, 2.45) is 0 Å². The first-order chi connectivity index (χ1) is 21.6. The molecule has 6 heteroatoms. The molecule has 0 aliphatic carbocycles. The Hall–Kier alpha value is -0.690. The normalized spacial score (nSPS) is 21.9. The van der Waals surface area contributed by atoms with E-state index in [4.69, 9.17) is 9.68 Å². The molecule has 0 saturated carbocycles. The van der Waals surface area contributed by atoms with E-state index in [0.29, 0.717) is 25.5 Å². The minimum absolute atomic E-state index is 0.160. The fraction of sp³-hybridized carbons (Fsp3) is 0.975. The number of carbonyl (C=O) groups is 1. The summed E-state index contributed by atoms with van der Waals surface area (Å²) in [6, 6.07) is 0.390. The van der Waals surface area contributed by atoms with Gasteiger partial charge in [-0.25, -0.2) is 0 Å². The summed E-state index contributed by atoms with van der Waals surface area (Å²) in [6.45, 7) is 26.1. The van der Waals surface area contributed by atoms with Crippen molar-refractivity contribution >= 4 is 5.91 Å². The average Bonchev–Trinajstić information content (AvgIpc) is 2.94. The van der Waals surface area contributed by atoms with Gasteiger partial charge in [0.15, 0.2) is 0 Å². The van der Waals surface area contributed by atoms with Crippen molar-refractivity contribution in [1.29, 1.82) is 0 Å². The zero-order valence-electron chi connectivity index (χ0n) is 32.8. The Morgan fingerprint density at radius 1 is 0.522 bits per heavy atom. The van der Waals surface area contributed by atoms with Gasteiger partial charge < -0.3 is 4.90 Å². The van der Waals surface area contributed by atoms with Crippen molar-refractivity contribution in [2.45, 2.75) is 239 Å². The molecule has 0 bridgehead atoms. The first-order valence-electron chi connectivity index (χ1n) is 19.8. The molecular formula is C40H79N3O3. The molecule has 0 spiro atoms. The van der Waals surface area contributed by atoms with E-state index in [1.54, 1.807) is 0 Å². The zero-order chi connectivity index (χ0) is 34.4. The highest BCUT2D eigenvalue weighted by Gasteiger charge is 2.53. The van der Waals surface area contributed by atoms with Crippen LogP contribution in [0, 0.1) is 0 Å². The van der Waals surface area contributed by atoms with Gasteiger partial charge in [-0.3, -0.25) is 14.5 Å². The standard InChI is InChI=1S/C40H79N3O3/c1-12-15-16-17-18-19-20-21-22-23-24-25-26-27-28-29-36(44)41(34-30-37(4,5)42(45-13-2)38(6,7)31-34)35-32-39(8,9)43(46-14-3)40(10,11)33-35/h34-35H,12-33H2,1-11H3. The predicted molar refractivity (Wildman–Crippen MR) is 196 cm³/mol. The highest BCUT2D eigenvalue weighted by molar-refractivity contribution is 5.77. The van der Waals surface area contributed by atoms with E-state index >= 15 is 0 Å². The first kappa shape index (κ1) is 41.5. The second-order valence-corrected chi connectivity index (χ2v) is 17.3. The van der Waals surface area contributed by atoms with Crippen molar-refractivity contribution < 1.29 is 14.5 Å². The van der Waals surface area contributed by atoms with Gasteiger partial charge in [0.2, 0.25) is 5.91 Å². The number of hydroxylamine groups is 4. The summed E-state index contributed by atoms with van der Waals surface area (Å²) in [5.74, 6) is 0.359. The summed E-state index contributed by atoms with van der Waals surface area (Å²) < 4.78 is 0. The van der Waals surface area contributed by atoms with Crippen LogP contribution in [0.3, 0.4) is 0 Å². The molecule has 0 aromatic rings. The van der Waals surface area contributed by atoms with E-state index in [9.17, 15) is 4.79 Å². The van der Waals surface area contributed by atoms with Crippen LogP contribution in [0.2, 0.25) is 0 Å². The summed E-state index contributed by atoms with van der Waals surface area (Å²) in [4.78, 5) is 29.2. The molecule has 2 aliphatic rings. The van der Waals surface area contributed by atoms with Crippen LogP contribution in [0.1, 0.15) is 205 Å². The molecule has 0 atom stereocenters. The molecule has 2 aliphatic heterocycles. The molecule has 0 radical (unpaired) electrons. The van der Waals surface area contributed by atoms with Gasteiger partial charge in [0, 0.05) is 40.7 Å². The Bertz CT molecular complexity index is 773. The Labute approximate surface area is 287 Å². The number of nitrogens with zero attached hydrogens (tertiary/aromatic N) is 3. The van der Waals surface area contributed by atoms with E-state index in [0.717, 1.165) is 38.5 Å². The van der Waals surface area contributed by atoms with Crippen LogP contribution in [0.25, 0.3) is 0 Å². The topological polar surface area (TPSA) is 45.2 Å². The molecule has 0 N–H and O–H groups in total. The Kier molecular flexibility index (Phi) is 17.6. The van der Waals surface area contributed by atoms with Crippen LogP contribution in [0.4, 0.5) is 0 Å². The average molecular weight is 650 g/mol. The third kappa shape index (κ3) is 12.6. The smallest absolute Gasteiger partial charge is 0.223 e. The van der Waals surface area contributed by atoms with E-state index in [-0.39, 0.29) is 34.2 Å². The number of hydrogen-bond acceptors (Lipinski definition) is 5. The number of hydrogen-bond donors (Lipinski definition) is 0. The molecule has 2 rings (SSSR count). The molecule has 6 nitrogen and oxygen atoms in total. The van der Waals surface area contributed by atoms with Crippen molar-refractivity contribution in [1.82, 2.24) is 15.0 Å². The van der Waals surface area contributed by atoms with Gasteiger partial charge in [0.25, 0.3) is 0 Å². The molecule has 46 heavy (non-hydrogen) atoms. The van der Waals surface area contributed by atoms with Crippen LogP contribution in [-0.4, -0.2) is 68.4 Å². The Morgan fingerprint density at radius 3 is 1.09 bits per heavy atom. The monoisotopic (exact) mass is 650 g/mol. The maximum absolute atomic E-state index is 14.4. The van der Waals surface area contributed by atoms with E-state index in [2.05, 4.69) is 91.2 Å². The molecule has 0 aromatic carbocycles. The highest BCUT2D eigenvalue weighted by atomic mass is 16.7. The largest absolute Gasteiger partial charge is 0.336 e. The molecular weight excluding hydrogens is 570 g/mol. The second-order valence-electron chi connectivity index (χ2n) is 17.3. The number of unbranched alkanes of at least 4 members (excludes halogenated alkanes) is 14. The third-order valence-electron chi connectivity index (χ3n) is 10.7. The molecule has 272 valence electrons. The van der Waals surface area contributed by atoms with Crippen molar-refractivity contribution in [2.75, 3.05) is 13.2 Å². The maximum Gasteiger partial charge on any atom is 0.223 e. The molecule has 2 fully saturated rings. The summed E-state index contributed by atoms with van der Waals surface area (Å²) in [7, 11) is 0. The predicted octanol–water partition coefficient (Wildman–Crippen LogP) is 11.0. The van der Waals surface area contributed by atoms with Gasteiger partial charge in [-0.05, 0) is 101 Å². The molecule has 2 heterocycles. The maximum atomic E-state index is 14.4.